The first kappa shape index (κ1) is 14.2. The zero-order valence-corrected chi connectivity index (χ0v) is 13.4. The molecule has 0 saturated carbocycles. The molecule has 2 nitrogen and oxygen atoms in total. The molecule has 0 aromatic heterocycles. The summed E-state index contributed by atoms with van der Waals surface area (Å²) in [6.07, 6.45) is -0.353. The van der Waals surface area contributed by atoms with Gasteiger partial charge < -0.3 is 9.84 Å². The summed E-state index contributed by atoms with van der Waals surface area (Å²) in [4.78, 5) is 0. The molecule has 0 amide bonds. The van der Waals surface area contributed by atoms with Gasteiger partial charge in [-0.3, -0.25) is 0 Å². The first-order valence-electron chi connectivity index (χ1n) is 6.13. The van der Waals surface area contributed by atoms with E-state index in [1.807, 2.05) is 30.3 Å². The van der Waals surface area contributed by atoms with Crippen LogP contribution in [0.1, 0.15) is 29.8 Å². The summed E-state index contributed by atoms with van der Waals surface area (Å²) in [5.74, 6) is 0.688. The van der Waals surface area contributed by atoms with Crippen LogP contribution in [0.15, 0.2) is 40.9 Å². The Bertz CT molecular complexity index is 640. The second-order valence-corrected chi connectivity index (χ2v) is 6.53. The van der Waals surface area contributed by atoms with Gasteiger partial charge in [-0.15, -0.1) is 0 Å². The Morgan fingerprint density at radius 3 is 2.50 bits per heavy atom. The minimum atomic E-state index is -0.570. The number of hydrogen-bond acceptors (Lipinski definition) is 2. The van der Waals surface area contributed by atoms with Crippen molar-refractivity contribution in [1.82, 2.24) is 0 Å². The second kappa shape index (κ2) is 5.57. The molecule has 0 radical (unpaired) electrons. The van der Waals surface area contributed by atoms with E-state index in [0.29, 0.717) is 22.2 Å². The molecule has 104 valence electrons. The van der Waals surface area contributed by atoms with Crippen LogP contribution >= 0.6 is 39.1 Å². The third-order valence-corrected chi connectivity index (χ3v) is 4.22. The molecule has 5 heteroatoms. The van der Waals surface area contributed by atoms with Crippen molar-refractivity contribution in [2.24, 2.45) is 0 Å². The van der Waals surface area contributed by atoms with Crippen molar-refractivity contribution < 1.29 is 9.84 Å². The van der Waals surface area contributed by atoms with Crippen LogP contribution in [0.3, 0.4) is 0 Å². The Balaban J connectivity index is 1.96. The van der Waals surface area contributed by atoms with Crippen molar-refractivity contribution in [2.45, 2.75) is 18.6 Å². The van der Waals surface area contributed by atoms with Crippen LogP contribution < -0.4 is 4.74 Å². The summed E-state index contributed by atoms with van der Waals surface area (Å²) in [5, 5.41) is 11.4. The minimum Gasteiger partial charge on any atom is -0.485 e. The lowest BCUT2D eigenvalue weighted by molar-refractivity contribution is 0.0657. The smallest absolute Gasteiger partial charge is 0.127 e. The molecule has 1 aliphatic rings. The lowest BCUT2D eigenvalue weighted by Crippen LogP contribution is -2.19. The topological polar surface area (TPSA) is 29.5 Å². The molecule has 0 bridgehead atoms. The Hall–Kier alpha value is -0.740. The minimum absolute atomic E-state index is 0.255. The molecule has 1 N–H and O–H groups in total. The van der Waals surface area contributed by atoms with E-state index in [9.17, 15) is 5.11 Å². The monoisotopic (exact) mass is 372 g/mol. The van der Waals surface area contributed by atoms with Crippen molar-refractivity contribution in [3.63, 3.8) is 0 Å². The summed E-state index contributed by atoms with van der Waals surface area (Å²) in [6.45, 7) is 0. The van der Waals surface area contributed by atoms with E-state index in [4.69, 9.17) is 27.9 Å². The Morgan fingerprint density at radius 1 is 1.10 bits per heavy atom. The molecule has 2 atom stereocenters. The third kappa shape index (κ3) is 2.82. The van der Waals surface area contributed by atoms with Crippen LogP contribution in [0.2, 0.25) is 10.0 Å². The third-order valence-electron chi connectivity index (χ3n) is 3.29. The molecule has 1 aliphatic heterocycles. The Morgan fingerprint density at radius 2 is 1.80 bits per heavy atom. The van der Waals surface area contributed by atoms with E-state index in [-0.39, 0.29) is 6.10 Å². The number of aliphatic hydroxyl groups excluding tert-OH is 1. The second-order valence-electron chi connectivity index (χ2n) is 4.74. The van der Waals surface area contributed by atoms with Gasteiger partial charge in [0, 0.05) is 26.5 Å². The molecule has 0 aliphatic carbocycles. The zero-order valence-electron chi connectivity index (χ0n) is 10.3. The van der Waals surface area contributed by atoms with Gasteiger partial charge in [0.15, 0.2) is 0 Å². The number of aliphatic hydroxyl groups is 1. The number of fused-ring (bicyclic) bond motifs is 1. The Labute approximate surface area is 135 Å². The quantitative estimate of drug-likeness (QED) is 0.733. The normalized spacial score (nSPS) is 21.2. The van der Waals surface area contributed by atoms with Gasteiger partial charge in [0.25, 0.3) is 0 Å². The van der Waals surface area contributed by atoms with E-state index in [0.717, 1.165) is 15.6 Å². The predicted octanol–water partition coefficient (Wildman–Crippen LogP) is 5.31. The van der Waals surface area contributed by atoms with Gasteiger partial charge in [-0.1, -0.05) is 39.1 Å². The van der Waals surface area contributed by atoms with Crippen LogP contribution in [0.5, 0.6) is 5.75 Å². The van der Waals surface area contributed by atoms with Crippen molar-refractivity contribution in [3.05, 3.63) is 62.0 Å². The lowest BCUT2D eigenvalue weighted by atomic mass is 9.95. The predicted molar refractivity (Wildman–Crippen MR) is 83.5 cm³/mol. The summed E-state index contributed by atoms with van der Waals surface area (Å²) in [5.41, 5.74) is 1.67. The Kier molecular flexibility index (Phi) is 3.95. The zero-order chi connectivity index (χ0) is 14.3. The van der Waals surface area contributed by atoms with Crippen molar-refractivity contribution in [2.75, 3.05) is 0 Å². The molecular formula is C15H11BrCl2O2. The summed E-state index contributed by atoms with van der Waals surface area (Å²) in [7, 11) is 0. The molecule has 20 heavy (non-hydrogen) atoms. The molecule has 2 aromatic carbocycles. The van der Waals surface area contributed by atoms with Crippen LogP contribution in [-0.2, 0) is 0 Å². The van der Waals surface area contributed by atoms with Crippen molar-refractivity contribution in [1.29, 1.82) is 0 Å². The number of halogens is 3. The number of rotatable bonds is 1. The molecular weight excluding hydrogens is 363 g/mol. The largest absolute Gasteiger partial charge is 0.485 e. The van der Waals surface area contributed by atoms with Gasteiger partial charge in [-0.25, -0.2) is 0 Å². The maximum Gasteiger partial charge on any atom is 0.127 e. The number of hydrogen-bond donors (Lipinski definition) is 1. The van der Waals surface area contributed by atoms with Crippen molar-refractivity contribution >= 4 is 39.1 Å². The van der Waals surface area contributed by atoms with Gasteiger partial charge >= 0.3 is 0 Å². The average Bonchev–Trinajstić information content (AvgIpc) is 2.38. The van der Waals surface area contributed by atoms with E-state index in [1.54, 1.807) is 6.07 Å². The van der Waals surface area contributed by atoms with Gasteiger partial charge in [0.1, 0.15) is 11.9 Å². The molecule has 0 spiro atoms. The van der Waals surface area contributed by atoms with E-state index >= 15 is 0 Å². The number of benzene rings is 2. The molecule has 1 heterocycles. The van der Waals surface area contributed by atoms with Crippen LogP contribution in [-0.4, -0.2) is 5.11 Å². The standard InChI is InChI=1S/C15H11BrCl2O2/c16-9-1-2-14-12(5-9)13(19)7-15(20-14)8-3-10(17)6-11(18)4-8/h1-6,13,15,19H,7H2/t13-,15?/m1/s1. The summed E-state index contributed by atoms with van der Waals surface area (Å²) in [6, 6.07) is 10.9. The van der Waals surface area contributed by atoms with Crippen LogP contribution in [0.25, 0.3) is 0 Å². The SMILES string of the molecule is O[C@@H]1CC(c2cc(Cl)cc(Cl)c2)Oc2ccc(Br)cc21. The lowest BCUT2D eigenvalue weighted by Gasteiger charge is -2.30. The van der Waals surface area contributed by atoms with E-state index < -0.39 is 6.10 Å². The maximum absolute atomic E-state index is 10.3. The van der Waals surface area contributed by atoms with Crippen molar-refractivity contribution in [3.8, 4) is 5.75 Å². The van der Waals surface area contributed by atoms with Crippen LogP contribution in [0.4, 0.5) is 0 Å². The molecule has 0 fully saturated rings. The highest BCUT2D eigenvalue weighted by atomic mass is 79.9. The highest BCUT2D eigenvalue weighted by molar-refractivity contribution is 9.10. The van der Waals surface area contributed by atoms with Crippen LogP contribution in [0, 0.1) is 0 Å². The maximum atomic E-state index is 10.3. The summed E-state index contributed by atoms with van der Waals surface area (Å²) >= 11 is 15.4. The molecule has 3 rings (SSSR count). The fourth-order valence-corrected chi connectivity index (χ4v) is 3.31. The van der Waals surface area contributed by atoms with E-state index in [1.165, 1.54) is 0 Å². The fourth-order valence-electron chi connectivity index (χ4n) is 2.38. The first-order valence-corrected chi connectivity index (χ1v) is 7.68. The van der Waals surface area contributed by atoms with Gasteiger partial charge in [-0.2, -0.15) is 0 Å². The first-order chi connectivity index (χ1) is 9.52. The highest BCUT2D eigenvalue weighted by Gasteiger charge is 2.28. The molecule has 2 aromatic rings. The highest BCUT2D eigenvalue weighted by Crippen LogP contribution is 2.42. The molecule has 0 saturated heterocycles. The van der Waals surface area contributed by atoms with Gasteiger partial charge in [0.05, 0.1) is 6.10 Å². The van der Waals surface area contributed by atoms with E-state index in [2.05, 4.69) is 15.9 Å². The fraction of sp³-hybridized carbons (Fsp3) is 0.200. The summed E-state index contributed by atoms with van der Waals surface area (Å²) < 4.78 is 6.87. The van der Waals surface area contributed by atoms with Gasteiger partial charge in [-0.05, 0) is 42.0 Å². The molecule has 1 unspecified atom stereocenters. The van der Waals surface area contributed by atoms with Gasteiger partial charge in [0.2, 0.25) is 0 Å². The average molecular weight is 374 g/mol. The number of ether oxygens (including phenoxy) is 1.